The van der Waals surface area contributed by atoms with E-state index in [1.54, 1.807) is 10.9 Å². The van der Waals surface area contributed by atoms with Gasteiger partial charge in [-0.2, -0.15) is 5.10 Å². The second-order valence-corrected chi connectivity index (χ2v) is 4.11. The zero-order chi connectivity index (χ0) is 11.4. The van der Waals surface area contributed by atoms with Gasteiger partial charge in [0.15, 0.2) is 0 Å². The average Bonchev–Trinajstić information content (AvgIpc) is 2.97. The van der Waals surface area contributed by atoms with Gasteiger partial charge in [0.05, 0.1) is 11.9 Å². The van der Waals surface area contributed by atoms with Gasteiger partial charge in [0.1, 0.15) is 0 Å². The summed E-state index contributed by atoms with van der Waals surface area (Å²) < 4.78 is 1.79. The zero-order valence-electron chi connectivity index (χ0n) is 9.57. The molecule has 1 aliphatic carbocycles. The predicted molar refractivity (Wildman–Crippen MR) is 62.2 cm³/mol. The topological polar surface area (TPSA) is 59.0 Å². The highest BCUT2D eigenvalue weighted by Crippen LogP contribution is 2.18. The lowest BCUT2D eigenvalue weighted by molar-refractivity contribution is -0.116. The van der Waals surface area contributed by atoms with Gasteiger partial charge in [-0.25, -0.2) is 0 Å². The summed E-state index contributed by atoms with van der Waals surface area (Å²) in [6.07, 6.45) is 6.55. The van der Waals surface area contributed by atoms with Crippen molar-refractivity contribution >= 4 is 11.6 Å². The Hall–Kier alpha value is -1.36. The fourth-order valence-electron chi connectivity index (χ4n) is 1.50. The van der Waals surface area contributed by atoms with Gasteiger partial charge in [0, 0.05) is 31.7 Å². The van der Waals surface area contributed by atoms with E-state index in [4.69, 9.17) is 0 Å². The second-order valence-electron chi connectivity index (χ2n) is 4.11. The van der Waals surface area contributed by atoms with E-state index in [9.17, 15) is 4.79 Å². The highest BCUT2D eigenvalue weighted by molar-refractivity contribution is 5.90. The Labute approximate surface area is 95.2 Å². The van der Waals surface area contributed by atoms with E-state index in [1.807, 2.05) is 13.1 Å². The average molecular weight is 222 g/mol. The van der Waals surface area contributed by atoms with Crippen LogP contribution in [0.4, 0.5) is 5.69 Å². The maximum absolute atomic E-state index is 11.5. The second kappa shape index (κ2) is 5.12. The summed E-state index contributed by atoms with van der Waals surface area (Å²) >= 11 is 0. The SMILES string of the molecule is CCn1cc(NC(=O)CCNC2CC2)cn1. The number of anilines is 1. The van der Waals surface area contributed by atoms with Crippen LogP contribution >= 0.6 is 0 Å². The van der Waals surface area contributed by atoms with E-state index in [2.05, 4.69) is 15.7 Å². The molecule has 0 bridgehead atoms. The summed E-state index contributed by atoms with van der Waals surface area (Å²) in [6, 6.07) is 0.663. The standard InChI is InChI=1S/C11H18N4O/c1-2-15-8-10(7-13-15)14-11(16)5-6-12-9-3-4-9/h7-9,12H,2-6H2,1H3,(H,14,16). The van der Waals surface area contributed by atoms with Crippen LogP contribution in [0.2, 0.25) is 0 Å². The van der Waals surface area contributed by atoms with Crippen LogP contribution in [0.25, 0.3) is 0 Å². The summed E-state index contributed by atoms with van der Waals surface area (Å²) in [5.74, 6) is 0.0452. The number of carbonyl (C=O) groups is 1. The Morgan fingerprint density at radius 1 is 1.62 bits per heavy atom. The van der Waals surface area contributed by atoms with E-state index in [0.717, 1.165) is 18.8 Å². The summed E-state index contributed by atoms with van der Waals surface area (Å²) in [7, 11) is 0. The van der Waals surface area contributed by atoms with Gasteiger partial charge in [-0.05, 0) is 19.8 Å². The lowest BCUT2D eigenvalue weighted by Crippen LogP contribution is -2.23. The minimum Gasteiger partial charge on any atom is -0.323 e. The molecular formula is C11H18N4O. The van der Waals surface area contributed by atoms with Crippen LogP contribution in [0.5, 0.6) is 0 Å². The smallest absolute Gasteiger partial charge is 0.225 e. The van der Waals surface area contributed by atoms with Gasteiger partial charge >= 0.3 is 0 Å². The molecule has 5 heteroatoms. The number of hydrogen-bond donors (Lipinski definition) is 2. The van der Waals surface area contributed by atoms with Crippen molar-refractivity contribution in [2.24, 2.45) is 0 Å². The van der Waals surface area contributed by atoms with Crippen molar-refractivity contribution in [1.82, 2.24) is 15.1 Å². The number of nitrogens with zero attached hydrogens (tertiary/aromatic N) is 2. The molecule has 0 aliphatic heterocycles. The molecule has 1 amide bonds. The predicted octanol–water partition coefficient (Wildman–Crippen LogP) is 0.984. The van der Waals surface area contributed by atoms with Crippen LogP contribution in [0.1, 0.15) is 26.2 Å². The fourth-order valence-corrected chi connectivity index (χ4v) is 1.50. The van der Waals surface area contributed by atoms with Crippen molar-refractivity contribution < 1.29 is 4.79 Å². The Kier molecular flexibility index (Phi) is 3.56. The fraction of sp³-hybridized carbons (Fsp3) is 0.636. The van der Waals surface area contributed by atoms with E-state index in [1.165, 1.54) is 12.8 Å². The molecule has 0 spiro atoms. The maximum atomic E-state index is 11.5. The first kappa shape index (κ1) is 11.1. The van der Waals surface area contributed by atoms with Crippen molar-refractivity contribution in [3.8, 4) is 0 Å². The number of aryl methyl sites for hydroxylation is 1. The first-order chi connectivity index (χ1) is 7.78. The van der Waals surface area contributed by atoms with Crippen LogP contribution in [-0.2, 0) is 11.3 Å². The molecule has 1 saturated carbocycles. The van der Waals surface area contributed by atoms with Crippen molar-refractivity contribution in [1.29, 1.82) is 0 Å². The molecule has 0 aromatic carbocycles. The van der Waals surface area contributed by atoms with E-state index in [-0.39, 0.29) is 5.91 Å². The Morgan fingerprint density at radius 2 is 2.44 bits per heavy atom. The molecule has 1 aromatic rings. The molecule has 1 aromatic heterocycles. The van der Waals surface area contributed by atoms with Gasteiger partial charge in [-0.1, -0.05) is 0 Å². The Bertz CT molecular complexity index is 357. The monoisotopic (exact) mass is 222 g/mol. The van der Waals surface area contributed by atoms with Crippen LogP contribution in [-0.4, -0.2) is 28.3 Å². The molecule has 0 atom stereocenters. The largest absolute Gasteiger partial charge is 0.323 e. The van der Waals surface area contributed by atoms with Crippen molar-refractivity contribution in [3.63, 3.8) is 0 Å². The summed E-state index contributed by atoms with van der Waals surface area (Å²) in [5.41, 5.74) is 0.776. The van der Waals surface area contributed by atoms with Crippen LogP contribution in [0, 0.1) is 0 Å². The molecule has 2 rings (SSSR count). The number of hydrogen-bond acceptors (Lipinski definition) is 3. The molecule has 88 valence electrons. The molecule has 1 aliphatic rings. The van der Waals surface area contributed by atoms with Crippen LogP contribution in [0.15, 0.2) is 12.4 Å². The molecule has 0 unspecified atom stereocenters. The lowest BCUT2D eigenvalue weighted by Gasteiger charge is -2.03. The Morgan fingerprint density at radius 3 is 3.06 bits per heavy atom. The number of aromatic nitrogens is 2. The van der Waals surface area contributed by atoms with Crippen molar-refractivity contribution in [2.45, 2.75) is 38.8 Å². The molecule has 5 nitrogen and oxygen atoms in total. The van der Waals surface area contributed by atoms with Gasteiger partial charge < -0.3 is 10.6 Å². The molecule has 0 radical (unpaired) electrons. The normalized spacial score (nSPS) is 15.1. The van der Waals surface area contributed by atoms with Crippen LogP contribution < -0.4 is 10.6 Å². The van der Waals surface area contributed by atoms with Gasteiger partial charge in [0.2, 0.25) is 5.91 Å². The summed E-state index contributed by atoms with van der Waals surface area (Å²) in [6.45, 7) is 3.59. The first-order valence-corrected chi connectivity index (χ1v) is 5.83. The van der Waals surface area contributed by atoms with Gasteiger partial charge in [-0.3, -0.25) is 9.48 Å². The van der Waals surface area contributed by atoms with Gasteiger partial charge in [-0.15, -0.1) is 0 Å². The third-order valence-electron chi connectivity index (χ3n) is 2.60. The zero-order valence-corrected chi connectivity index (χ0v) is 9.57. The maximum Gasteiger partial charge on any atom is 0.225 e. The summed E-state index contributed by atoms with van der Waals surface area (Å²) in [4.78, 5) is 11.5. The van der Waals surface area contributed by atoms with E-state index >= 15 is 0 Å². The Balaban J connectivity index is 1.68. The third kappa shape index (κ3) is 3.34. The van der Waals surface area contributed by atoms with Crippen LogP contribution in [0.3, 0.4) is 0 Å². The van der Waals surface area contributed by atoms with E-state index < -0.39 is 0 Å². The molecule has 1 heterocycles. The van der Waals surface area contributed by atoms with Crippen molar-refractivity contribution in [2.75, 3.05) is 11.9 Å². The third-order valence-corrected chi connectivity index (χ3v) is 2.60. The number of carbonyl (C=O) groups excluding carboxylic acids is 1. The molecule has 1 fully saturated rings. The molecule has 0 saturated heterocycles. The molecule has 2 N–H and O–H groups in total. The number of amides is 1. The summed E-state index contributed by atoms with van der Waals surface area (Å²) in [5, 5.41) is 10.2. The number of rotatable bonds is 6. The molecular weight excluding hydrogens is 204 g/mol. The molecule has 16 heavy (non-hydrogen) atoms. The highest BCUT2D eigenvalue weighted by atomic mass is 16.1. The minimum absolute atomic E-state index is 0.0452. The lowest BCUT2D eigenvalue weighted by atomic mass is 10.4. The van der Waals surface area contributed by atoms with Crippen molar-refractivity contribution in [3.05, 3.63) is 12.4 Å². The quantitative estimate of drug-likeness (QED) is 0.754. The van der Waals surface area contributed by atoms with Gasteiger partial charge in [0.25, 0.3) is 0 Å². The van der Waals surface area contributed by atoms with E-state index in [0.29, 0.717) is 12.5 Å². The highest BCUT2D eigenvalue weighted by Gasteiger charge is 2.20. The minimum atomic E-state index is 0.0452. The first-order valence-electron chi connectivity index (χ1n) is 5.83. The number of nitrogens with one attached hydrogen (secondary N) is 2.